The molecule has 4 nitrogen and oxygen atoms in total. The van der Waals surface area contributed by atoms with Crippen molar-refractivity contribution in [2.24, 2.45) is 27.7 Å². The molecule has 0 aliphatic heterocycles. The van der Waals surface area contributed by atoms with Gasteiger partial charge in [-0.05, 0) is 76.2 Å². The van der Waals surface area contributed by atoms with Crippen molar-refractivity contribution in [3.8, 4) is 0 Å². The van der Waals surface area contributed by atoms with Gasteiger partial charge >= 0.3 is 0 Å². The van der Waals surface area contributed by atoms with Gasteiger partial charge in [0.15, 0.2) is 0 Å². The molecule has 0 saturated heterocycles. The molecule has 34 heavy (non-hydrogen) atoms. The zero-order valence-corrected chi connectivity index (χ0v) is 22.5. The highest BCUT2D eigenvalue weighted by Gasteiger charge is 2.41. The second kappa shape index (κ2) is 15.5. The number of unbranched alkanes of at least 4 members (excludes halogenated alkanes) is 1. The molecule has 192 valence electrons. The minimum atomic E-state index is -0.374. The highest BCUT2D eigenvalue weighted by Crippen LogP contribution is 2.41. The number of allylic oxidation sites excluding steroid dienone is 5. The normalized spacial score (nSPS) is 25.1. The van der Waals surface area contributed by atoms with Crippen molar-refractivity contribution < 1.29 is 5.11 Å². The lowest BCUT2D eigenvalue weighted by molar-refractivity contribution is 0.0669. The quantitative estimate of drug-likeness (QED) is 0.191. The predicted octanol–water partition coefficient (Wildman–Crippen LogP) is 6.66. The molecule has 4 heteroatoms. The molecule has 1 N–H and O–H groups in total. The number of aliphatic hydroxyl groups excluding tert-OH is 1. The van der Waals surface area contributed by atoms with Crippen molar-refractivity contribution in [3.05, 3.63) is 35.5 Å². The van der Waals surface area contributed by atoms with Crippen molar-refractivity contribution in [3.63, 3.8) is 0 Å². The second-order valence-electron chi connectivity index (χ2n) is 10.4. The van der Waals surface area contributed by atoms with Gasteiger partial charge in [-0.1, -0.05) is 77.2 Å². The summed E-state index contributed by atoms with van der Waals surface area (Å²) >= 11 is 0. The number of nitrogens with zero attached hydrogens (tertiary/aromatic N) is 3. The fourth-order valence-electron chi connectivity index (χ4n) is 6.02. The maximum Gasteiger partial charge on any atom is 0.0626 e. The van der Waals surface area contributed by atoms with E-state index in [1.54, 1.807) is 0 Å². The van der Waals surface area contributed by atoms with Crippen LogP contribution in [0.3, 0.4) is 0 Å². The summed E-state index contributed by atoms with van der Waals surface area (Å²) in [5.41, 5.74) is 2.74. The van der Waals surface area contributed by atoms with Crippen molar-refractivity contribution in [2.45, 2.75) is 103 Å². The highest BCUT2D eigenvalue weighted by atomic mass is 16.3. The molecule has 0 radical (unpaired) electrons. The van der Waals surface area contributed by atoms with Gasteiger partial charge < -0.3 is 15.0 Å². The monoisotopic (exact) mass is 469 g/mol. The van der Waals surface area contributed by atoms with Crippen LogP contribution in [0, 0.1) is 17.8 Å². The van der Waals surface area contributed by atoms with Crippen LogP contribution in [0.1, 0.15) is 85.0 Å². The molecule has 6 atom stereocenters. The Morgan fingerprint density at radius 3 is 2.44 bits per heavy atom. The smallest absolute Gasteiger partial charge is 0.0626 e. The van der Waals surface area contributed by atoms with Gasteiger partial charge in [0.1, 0.15) is 0 Å². The highest BCUT2D eigenvalue weighted by molar-refractivity contribution is 5.45. The largest absolute Gasteiger partial charge is 0.392 e. The summed E-state index contributed by atoms with van der Waals surface area (Å²) < 4.78 is 0. The van der Waals surface area contributed by atoms with E-state index < -0.39 is 0 Å². The Labute approximate surface area is 210 Å². The summed E-state index contributed by atoms with van der Waals surface area (Å²) in [6, 6.07) is 0.515. The molecule has 0 aromatic heterocycles. The molecule has 0 aromatic rings. The van der Waals surface area contributed by atoms with E-state index in [9.17, 15) is 5.11 Å². The maximum atomic E-state index is 10.9. The third-order valence-electron chi connectivity index (χ3n) is 8.33. The molecule has 0 saturated carbocycles. The number of aliphatic hydroxyl groups is 1. The minimum Gasteiger partial charge on any atom is -0.392 e. The third kappa shape index (κ3) is 8.02. The summed E-state index contributed by atoms with van der Waals surface area (Å²) in [5, 5.41) is 10.9. The zero-order valence-electron chi connectivity index (χ0n) is 22.5. The van der Waals surface area contributed by atoms with Crippen molar-refractivity contribution in [1.82, 2.24) is 4.90 Å². The van der Waals surface area contributed by atoms with Crippen LogP contribution in [0.5, 0.6) is 0 Å². The number of rotatable bonds is 17. The lowest BCUT2D eigenvalue weighted by Crippen LogP contribution is -2.48. The van der Waals surface area contributed by atoms with Crippen LogP contribution >= 0.6 is 0 Å². The van der Waals surface area contributed by atoms with E-state index in [1.165, 1.54) is 49.7 Å². The zero-order chi connectivity index (χ0) is 24.9. The van der Waals surface area contributed by atoms with E-state index in [1.807, 2.05) is 0 Å². The summed E-state index contributed by atoms with van der Waals surface area (Å²) in [7, 11) is 2.27. The van der Waals surface area contributed by atoms with E-state index in [-0.39, 0.29) is 18.1 Å². The molecular formula is C30H51N3O. The molecule has 2 aliphatic carbocycles. The maximum absolute atomic E-state index is 10.9. The number of hydrogen-bond acceptors (Lipinski definition) is 4. The van der Waals surface area contributed by atoms with Gasteiger partial charge in [-0.2, -0.15) is 0 Å². The Balaban J connectivity index is 2.17. The fourth-order valence-corrected chi connectivity index (χ4v) is 6.02. The molecule has 6 unspecified atom stereocenters. The first-order valence-electron chi connectivity index (χ1n) is 13.8. The van der Waals surface area contributed by atoms with Gasteiger partial charge in [0.05, 0.1) is 12.1 Å². The summed E-state index contributed by atoms with van der Waals surface area (Å²) in [6.45, 7) is 16.2. The first-order valence-corrected chi connectivity index (χ1v) is 13.8. The standard InChI is InChI=1S/C30H51N3O/c1-7-23(15-12-13-20-31-4)16-14-19-28(33(6)9-3)26-21-25(24-17-10-11-18-24)22-27(29(34)8-2)30(26)32-5/h10,17-18,22-23,26-30,34H,4-5,7-9,11-16,19-21H2,1-3,6H3. The van der Waals surface area contributed by atoms with Crippen LogP contribution in [0.4, 0.5) is 0 Å². The topological polar surface area (TPSA) is 48.2 Å². The van der Waals surface area contributed by atoms with E-state index >= 15 is 0 Å². The summed E-state index contributed by atoms with van der Waals surface area (Å²) in [5.74, 6) is 1.22. The molecule has 0 amide bonds. The molecule has 2 rings (SSSR count). The molecular weight excluding hydrogens is 418 g/mol. The van der Waals surface area contributed by atoms with E-state index in [2.05, 4.69) is 80.4 Å². The lowest BCUT2D eigenvalue weighted by Gasteiger charge is -2.44. The fraction of sp³-hybridized carbons (Fsp3) is 0.733. The average molecular weight is 470 g/mol. The van der Waals surface area contributed by atoms with Crippen LogP contribution in [0.2, 0.25) is 0 Å². The molecule has 0 bridgehead atoms. The first kappa shape index (κ1) is 28.7. The summed E-state index contributed by atoms with van der Waals surface area (Å²) in [6.07, 6.45) is 20.3. The van der Waals surface area contributed by atoms with Crippen LogP contribution in [-0.4, -0.2) is 61.8 Å². The van der Waals surface area contributed by atoms with Gasteiger partial charge in [-0.25, -0.2) is 0 Å². The van der Waals surface area contributed by atoms with Crippen LogP contribution in [0.15, 0.2) is 45.4 Å². The van der Waals surface area contributed by atoms with Crippen LogP contribution in [0.25, 0.3) is 0 Å². The van der Waals surface area contributed by atoms with E-state index in [0.29, 0.717) is 12.0 Å². The lowest BCUT2D eigenvalue weighted by atomic mass is 9.70. The Morgan fingerprint density at radius 1 is 1.09 bits per heavy atom. The van der Waals surface area contributed by atoms with Gasteiger partial charge in [0, 0.05) is 24.4 Å². The van der Waals surface area contributed by atoms with Crippen molar-refractivity contribution in [2.75, 3.05) is 20.1 Å². The molecule has 0 spiro atoms. The molecule has 0 heterocycles. The van der Waals surface area contributed by atoms with Gasteiger partial charge in [-0.3, -0.25) is 4.99 Å². The van der Waals surface area contributed by atoms with Crippen LogP contribution < -0.4 is 0 Å². The van der Waals surface area contributed by atoms with Crippen molar-refractivity contribution >= 4 is 13.4 Å². The first-order chi connectivity index (χ1) is 16.5. The summed E-state index contributed by atoms with van der Waals surface area (Å²) in [4.78, 5) is 11.2. The molecule has 2 aliphatic rings. The third-order valence-corrected chi connectivity index (χ3v) is 8.33. The number of aliphatic imine (C=N–C) groups is 2. The number of hydrogen-bond donors (Lipinski definition) is 1. The van der Waals surface area contributed by atoms with Gasteiger partial charge in [0.2, 0.25) is 0 Å². The Bertz CT molecular complexity index is 710. The van der Waals surface area contributed by atoms with Gasteiger partial charge in [-0.15, -0.1) is 0 Å². The van der Waals surface area contributed by atoms with Crippen molar-refractivity contribution in [1.29, 1.82) is 0 Å². The SMILES string of the molecule is C=NCCCCC(CC)CCCC(C1CC(C2=CCC=C2)=CC(C(O)CC)C1N=C)N(C)CC. The Kier molecular flexibility index (Phi) is 13.1. The average Bonchev–Trinajstić information content (AvgIpc) is 3.41. The van der Waals surface area contributed by atoms with E-state index in [0.717, 1.165) is 44.7 Å². The molecule has 0 fully saturated rings. The Hall–Kier alpha value is -1.52. The minimum absolute atomic E-state index is 0.0424. The van der Waals surface area contributed by atoms with Gasteiger partial charge in [0.25, 0.3) is 0 Å². The van der Waals surface area contributed by atoms with Crippen LogP contribution in [-0.2, 0) is 0 Å². The van der Waals surface area contributed by atoms with E-state index in [4.69, 9.17) is 0 Å². The Morgan fingerprint density at radius 2 is 1.85 bits per heavy atom. The predicted molar refractivity (Wildman–Crippen MR) is 149 cm³/mol. The second-order valence-corrected chi connectivity index (χ2v) is 10.4. The molecule has 0 aromatic carbocycles.